The van der Waals surface area contributed by atoms with Crippen molar-refractivity contribution in [3.63, 3.8) is 0 Å². The van der Waals surface area contributed by atoms with Crippen molar-refractivity contribution in [2.45, 2.75) is 38.0 Å². The van der Waals surface area contributed by atoms with E-state index in [-0.39, 0.29) is 13.2 Å². The molecular weight excluding hydrogens is 368 g/mol. The Bertz CT molecular complexity index is 711. The van der Waals surface area contributed by atoms with Crippen molar-refractivity contribution in [1.82, 2.24) is 5.32 Å². The second-order valence-corrected chi connectivity index (χ2v) is 6.81. The second-order valence-electron chi connectivity index (χ2n) is 6.05. The summed E-state index contributed by atoms with van der Waals surface area (Å²) in [5, 5.41) is 3.28. The molecule has 3 atom stereocenters. The number of rotatable bonds is 7. The van der Waals surface area contributed by atoms with Crippen molar-refractivity contribution >= 4 is 28.9 Å². The lowest BCUT2D eigenvalue weighted by Crippen LogP contribution is -2.65. The third kappa shape index (κ3) is 3.55. The number of ether oxygens (including phenoxy) is 3. The van der Waals surface area contributed by atoms with Gasteiger partial charge in [0.1, 0.15) is 0 Å². The minimum absolute atomic E-state index is 0.188. The van der Waals surface area contributed by atoms with Gasteiger partial charge in [0, 0.05) is 5.56 Å². The van der Waals surface area contributed by atoms with E-state index >= 15 is 0 Å². The van der Waals surface area contributed by atoms with Crippen LogP contribution < -0.4 is 5.32 Å². The summed E-state index contributed by atoms with van der Waals surface area (Å²) in [6.07, 6.45) is 1.80. The molecule has 1 aliphatic heterocycles. The molecule has 0 aliphatic carbocycles. The van der Waals surface area contributed by atoms with Gasteiger partial charge in [-0.1, -0.05) is 42.1 Å². The van der Waals surface area contributed by atoms with Crippen LogP contribution in [0, 0.1) is 0 Å². The summed E-state index contributed by atoms with van der Waals surface area (Å²) in [5.74, 6) is -1.10. The van der Waals surface area contributed by atoms with Crippen LogP contribution >= 0.6 is 11.8 Å². The summed E-state index contributed by atoms with van der Waals surface area (Å²) in [6, 6.07) is 8.12. The fraction of sp³-hybridized carbons (Fsp3) is 0.526. The first-order valence-corrected chi connectivity index (χ1v) is 10.0. The molecule has 1 aromatic carbocycles. The normalized spacial score (nSPS) is 25.3. The third-order valence-corrected chi connectivity index (χ3v) is 5.08. The first kappa shape index (κ1) is 21.2. The Kier molecular flexibility index (Phi) is 6.89. The quantitative estimate of drug-likeness (QED) is 0.709. The standard InChI is InChI=1S/C19H26N2O5S/c1-6-24-15(22)14(20-4)19(13-11-9-8-10-12-13)18(3,16(23)25-7-2)21-17(26-19)27-5/h8-12,14,20H,6-7H2,1-5H3/t14-,18+,19+/m1/s1. The van der Waals surface area contributed by atoms with E-state index in [4.69, 9.17) is 14.2 Å². The zero-order chi connectivity index (χ0) is 20.1. The molecule has 27 heavy (non-hydrogen) atoms. The van der Waals surface area contributed by atoms with Crippen molar-refractivity contribution in [2.75, 3.05) is 26.5 Å². The van der Waals surface area contributed by atoms with Crippen molar-refractivity contribution in [2.24, 2.45) is 4.99 Å². The molecule has 0 saturated carbocycles. The van der Waals surface area contributed by atoms with Crippen LogP contribution in [-0.4, -0.2) is 55.3 Å². The van der Waals surface area contributed by atoms with Gasteiger partial charge in [-0.05, 0) is 34.1 Å². The van der Waals surface area contributed by atoms with Crippen LogP contribution in [0.5, 0.6) is 0 Å². The summed E-state index contributed by atoms with van der Waals surface area (Å²) >= 11 is 1.26. The van der Waals surface area contributed by atoms with E-state index in [1.807, 2.05) is 18.2 Å². The van der Waals surface area contributed by atoms with Crippen LogP contribution in [0.2, 0.25) is 0 Å². The lowest BCUT2D eigenvalue weighted by atomic mass is 9.71. The Labute approximate surface area is 163 Å². The number of aliphatic imine (C=N–C) groups is 1. The van der Waals surface area contributed by atoms with E-state index in [1.54, 1.807) is 46.2 Å². The summed E-state index contributed by atoms with van der Waals surface area (Å²) < 4.78 is 16.8. The van der Waals surface area contributed by atoms with Crippen molar-refractivity contribution in [3.05, 3.63) is 35.9 Å². The van der Waals surface area contributed by atoms with Crippen LogP contribution in [0.15, 0.2) is 35.3 Å². The molecule has 0 saturated heterocycles. The van der Waals surface area contributed by atoms with Crippen LogP contribution in [0.4, 0.5) is 0 Å². The maximum atomic E-state index is 13.0. The van der Waals surface area contributed by atoms with E-state index in [9.17, 15) is 9.59 Å². The molecule has 0 bridgehead atoms. The Hall–Kier alpha value is -2.06. The molecule has 1 aromatic rings. The predicted octanol–water partition coefficient (Wildman–Crippen LogP) is 2.10. The van der Waals surface area contributed by atoms with Gasteiger partial charge in [-0.15, -0.1) is 0 Å². The van der Waals surface area contributed by atoms with Crippen molar-refractivity contribution in [1.29, 1.82) is 0 Å². The molecule has 0 radical (unpaired) electrons. The first-order chi connectivity index (χ1) is 12.9. The predicted molar refractivity (Wildman–Crippen MR) is 105 cm³/mol. The molecule has 0 amide bonds. The van der Waals surface area contributed by atoms with Gasteiger partial charge >= 0.3 is 11.9 Å². The number of hydrogen-bond donors (Lipinski definition) is 1. The number of hydrogen-bond acceptors (Lipinski definition) is 8. The number of nitrogens with zero attached hydrogens (tertiary/aromatic N) is 1. The van der Waals surface area contributed by atoms with Gasteiger partial charge in [-0.2, -0.15) is 0 Å². The van der Waals surface area contributed by atoms with Crippen LogP contribution in [0.25, 0.3) is 0 Å². The topological polar surface area (TPSA) is 86.2 Å². The molecule has 0 aromatic heterocycles. The van der Waals surface area contributed by atoms with E-state index in [1.165, 1.54) is 11.8 Å². The highest BCUT2D eigenvalue weighted by Gasteiger charge is 2.68. The number of nitrogens with one attached hydrogen (secondary N) is 1. The maximum Gasteiger partial charge on any atom is 0.338 e. The zero-order valence-electron chi connectivity index (χ0n) is 16.3. The maximum absolute atomic E-state index is 13.0. The molecule has 1 N–H and O–H groups in total. The largest absolute Gasteiger partial charge is 0.465 e. The van der Waals surface area contributed by atoms with Crippen molar-refractivity contribution < 1.29 is 23.8 Å². The Morgan fingerprint density at radius 3 is 2.37 bits per heavy atom. The SMILES string of the molecule is CCOC(=O)[C@@H](NC)[C@]1(c2ccccc2)OC(SC)=N[C@@]1(C)C(=O)OCC. The van der Waals surface area contributed by atoms with Gasteiger partial charge in [0.25, 0.3) is 0 Å². The molecule has 8 heteroatoms. The summed E-state index contributed by atoms with van der Waals surface area (Å²) in [7, 11) is 1.62. The van der Waals surface area contributed by atoms with E-state index in [0.717, 1.165) is 0 Å². The van der Waals surface area contributed by atoms with Gasteiger partial charge < -0.3 is 19.5 Å². The molecule has 2 rings (SSSR count). The minimum Gasteiger partial charge on any atom is -0.465 e. The number of carbonyl (C=O) groups excluding carboxylic acids is 2. The van der Waals surface area contributed by atoms with Gasteiger partial charge in [-0.25, -0.2) is 9.79 Å². The molecule has 0 fully saturated rings. The summed E-state index contributed by atoms with van der Waals surface area (Å²) in [5.41, 5.74) is -2.32. The van der Waals surface area contributed by atoms with E-state index < -0.39 is 29.1 Å². The Morgan fingerprint density at radius 1 is 1.22 bits per heavy atom. The lowest BCUT2D eigenvalue weighted by Gasteiger charge is -2.43. The van der Waals surface area contributed by atoms with Gasteiger partial charge in [0.05, 0.1) is 13.2 Å². The number of carbonyl (C=O) groups is 2. The fourth-order valence-corrected chi connectivity index (χ4v) is 3.82. The average Bonchev–Trinajstić information content (AvgIpc) is 2.98. The molecule has 148 valence electrons. The third-order valence-electron chi connectivity index (χ3n) is 4.55. The zero-order valence-corrected chi connectivity index (χ0v) is 17.1. The molecule has 0 unspecified atom stereocenters. The van der Waals surface area contributed by atoms with Crippen LogP contribution in [0.1, 0.15) is 26.3 Å². The Morgan fingerprint density at radius 2 is 1.85 bits per heavy atom. The molecule has 1 heterocycles. The number of esters is 2. The highest BCUT2D eigenvalue weighted by molar-refractivity contribution is 8.13. The Balaban J connectivity index is 2.74. The van der Waals surface area contributed by atoms with Crippen LogP contribution in [-0.2, 0) is 29.4 Å². The highest BCUT2D eigenvalue weighted by atomic mass is 32.2. The van der Waals surface area contributed by atoms with Gasteiger partial charge in [0.15, 0.2) is 11.6 Å². The highest BCUT2D eigenvalue weighted by Crippen LogP contribution is 2.49. The second kappa shape index (κ2) is 8.75. The van der Waals surface area contributed by atoms with Crippen LogP contribution in [0.3, 0.4) is 0 Å². The van der Waals surface area contributed by atoms with E-state index in [2.05, 4.69) is 10.3 Å². The van der Waals surface area contributed by atoms with E-state index in [0.29, 0.717) is 10.8 Å². The molecule has 1 aliphatic rings. The molecular formula is C19H26N2O5S. The van der Waals surface area contributed by atoms with Crippen molar-refractivity contribution in [3.8, 4) is 0 Å². The van der Waals surface area contributed by atoms with Gasteiger partial charge in [0.2, 0.25) is 10.8 Å². The fourth-order valence-electron chi connectivity index (χ4n) is 3.33. The first-order valence-electron chi connectivity index (χ1n) is 8.80. The average molecular weight is 394 g/mol. The number of likely N-dealkylation sites (N-methyl/N-ethyl adjacent to an activating group) is 1. The monoisotopic (exact) mass is 394 g/mol. The minimum atomic E-state index is -1.48. The lowest BCUT2D eigenvalue weighted by molar-refractivity contribution is -0.166. The molecule has 0 spiro atoms. The molecule has 7 nitrogen and oxygen atoms in total. The van der Waals surface area contributed by atoms with Gasteiger partial charge in [-0.3, -0.25) is 4.79 Å². The summed E-state index contributed by atoms with van der Waals surface area (Å²) in [6.45, 7) is 5.47. The summed E-state index contributed by atoms with van der Waals surface area (Å²) in [4.78, 5) is 30.4. The smallest absolute Gasteiger partial charge is 0.338 e. The number of benzene rings is 1. The number of thioether (sulfide) groups is 1.